The van der Waals surface area contributed by atoms with Gasteiger partial charge in [0.1, 0.15) is 5.78 Å². The molecule has 1 amide bonds. The first-order valence-electron chi connectivity index (χ1n) is 5.48. The molecule has 1 atom stereocenters. The van der Waals surface area contributed by atoms with Crippen LogP contribution in [-0.4, -0.2) is 18.2 Å². The highest BCUT2D eigenvalue weighted by Gasteiger charge is 2.35. The van der Waals surface area contributed by atoms with Crippen molar-refractivity contribution in [1.29, 1.82) is 0 Å². The smallest absolute Gasteiger partial charge is 0.237 e. The van der Waals surface area contributed by atoms with Gasteiger partial charge in [0, 0.05) is 12.2 Å². The van der Waals surface area contributed by atoms with Crippen molar-refractivity contribution in [2.45, 2.75) is 20.3 Å². The van der Waals surface area contributed by atoms with Gasteiger partial charge in [-0.3, -0.25) is 9.59 Å². The molecule has 1 aromatic carbocycles. The Morgan fingerprint density at radius 1 is 1.44 bits per heavy atom. The molecule has 1 fully saturated rings. The molecular formula is C13H15NO2. The molecular weight excluding hydrogens is 202 g/mol. The van der Waals surface area contributed by atoms with Gasteiger partial charge in [-0.15, -0.1) is 0 Å². The van der Waals surface area contributed by atoms with Gasteiger partial charge in [0.15, 0.2) is 0 Å². The summed E-state index contributed by atoms with van der Waals surface area (Å²) in [6.07, 6.45) is 0.641. The summed E-state index contributed by atoms with van der Waals surface area (Å²) in [5, 5.41) is 0. The van der Waals surface area contributed by atoms with Gasteiger partial charge in [-0.1, -0.05) is 12.1 Å². The van der Waals surface area contributed by atoms with Gasteiger partial charge >= 0.3 is 0 Å². The number of carbonyl (C=O) groups excluding carboxylic acids is 2. The predicted molar refractivity (Wildman–Crippen MR) is 62.3 cm³/mol. The third-order valence-electron chi connectivity index (χ3n) is 3.01. The van der Waals surface area contributed by atoms with Crippen molar-refractivity contribution >= 4 is 17.4 Å². The highest BCUT2D eigenvalue weighted by Crippen LogP contribution is 2.26. The van der Waals surface area contributed by atoms with Crippen molar-refractivity contribution in [1.82, 2.24) is 0 Å². The van der Waals surface area contributed by atoms with E-state index in [0.717, 1.165) is 11.3 Å². The summed E-state index contributed by atoms with van der Waals surface area (Å²) in [5.74, 6) is -0.515. The lowest BCUT2D eigenvalue weighted by Gasteiger charge is -2.16. The molecule has 0 spiro atoms. The third-order valence-corrected chi connectivity index (χ3v) is 3.01. The molecule has 0 bridgehead atoms. The number of amides is 1. The molecule has 3 heteroatoms. The van der Waals surface area contributed by atoms with E-state index in [2.05, 4.69) is 0 Å². The second-order valence-corrected chi connectivity index (χ2v) is 4.28. The molecule has 1 aromatic rings. The van der Waals surface area contributed by atoms with Crippen LogP contribution in [0.1, 0.15) is 18.9 Å². The average molecular weight is 217 g/mol. The van der Waals surface area contributed by atoms with Crippen molar-refractivity contribution < 1.29 is 9.59 Å². The Hall–Kier alpha value is -1.64. The second-order valence-electron chi connectivity index (χ2n) is 4.28. The molecule has 1 saturated heterocycles. The molecule has 1 heterocycles. The van der Waals surface area contributed by atoms with Crippen molar-refractivity contribution in [3.63, 3.8) is 0 Å². The standard InChI is InChI=1S/C13H15NO2/c1-9-4-3-5-11(8-9)14-7-6-12(10(2)15)13(14)16/h3-5,8,12H,6-7H2,1-2H3. The molecule has 0 aliphatic carbocycles. The van der Waals surface area contributed by atoms with Gasteiger partial charge in [-0.05, 0) is 38.0 Å². The van der Waals surface area contributed by atoms with E-state index in [4.69, 9.17) is 0 Å². The number of aryl methyl sites for hydroxylation is 1. The Kier molecular flexibility index (Phi) is 2.77. The van der Waals surface area contributed by atoms with E-state index in [1.54, 1.807) is 4.90 Å². The highest BCUT2D eigenvalue weighted by molar-refractivity contribution is 6.09. The SMILES string of the molecule is CC(=O)C1CCN(c2cccc(C)c2)C1=O. The van der Waals surface area contributed by atoms with Crippen LogP contribution in [0.15, 0.2) is 24.3 Å². The lowest BCUT2D eigenvalue weighted by atomic mass is 10.0. The number of anilines is 1. The molecule has 0 N–H and O–H groups in total. The zero-order chi connectivity index (χ0) is 11.7. The quantitative estimate of drug-likeness (QED) is 0.710. The fourth-order valence-electron chi connectivity index (χ4n) is 2.11. The topological polar surface area (TPSA) is 37.4 Å². The maximum atomic E-state index is 12.0. The monoisotopic (exact) mass is 217 g/mol. The summed E-state index contributed by atoms with van der Waals surface area (Å²) in [4.78, 5) is 24.9. The Bertz CT molecular complexity index is 439. The Balaban J connectivity index is 2.25. The fourth-order valence-corrected chi connectivity index (χ4v) is 2.11. The van der Waals surface area contributed by atoms with Crippen LogP contribution in [0, 0.1) is 12.8 Å². The van der Waals surface area contributed by atoms with Crippen LogP contribution in [0.25, 0.3) is 0 Å². The van der Waals surface area contributed by atoms with Gasteiger partial charge in [-0.25, -0.2) is 0 Å². The van der Waals surface area contributed by atoms with Crippen LogP contribution in [0.5, 0.6) is 0 Å². The van der Waals surface area contributed by atoms with Crippen LogP contribution in [0.2, 0.25) is 0 Å². The van der Waals surface area contributed by atoms with E-state index in [0.29, 0.717) is 13.0 Å². The number of hydrogen-bond donors (Lipinski definition) is 0. The minimum atomic E-state index is -0.430. The minimum absolute atomic E-state index is 0.0276. The first-order chi connectivity index (χ1) is 7.59. The van der Waals surface area contributed by atoms with Gasteiger partial charge in [0.2, 0.25) is 5.91 Å². The van der Waals surface area contributed by atoms with E-state index in [9.17, 15) is 9.59 Å². The molecule has 0 saturated carbocycles. The van der Waals surface area contributed by atoms with E-state index < -0.39 is 5.92 Å². The first kappa shape index (κ1) is 10.9. The van der Waals surface area contributed by atoms with Crippen molar-refractivity contribution in [3.8, 4) is 0 Å². The number of rotatable bonds is 2. The second kappa shape index (κ2) is 4.08. The summed E-state index contributed by atoms with van der Waals surface area (Å²) in [7, 11) is 0. The van der Waals surface area contributed by atoms with Crippen molar-refractivity contribution in [2.75, 3.05) is 11.4 Å². The molecule has 1 aliphatic heterocycles. The summed E-state index contributed by atoms with van der Waals surface area (Å²) < 4.78 is 0. The molecule has 0 aromatic heterocycles. The first-order valence-corrected chi connectivity index (χ1v) is 5.48. The zero-order valence-electron chi connectivity index (χ0n) is 9.56. The minimum Gasteiger partial charge on any atom is -0.312 e. The number of ketones is 1. The largest absolute Gasteiger partial charge is 0.312 e. The maximum Gasteiger partial charge on any atom is 0.237 e. The van der Waals surface area contributed by atoms with Gasteiger partial charge in [0.05, 0.1) is 5.92 Å². The molecule has 84 valence electrons. The number of nitrogens with zero attached hydrogens (tertiary/aromatic N) is 1. The lowest BCUT2D eigenvalue weighted by molar-refractivity contribution is -0.129. The van der Waals surface area contributed by atoms with Crippen LogP contribution in [0.4, 0.5) is 5.69 Å². The van der Waals surface area contributed by atoms with Crippen LogP contribution < -0.4 is 4.90 Å². The number of Topliss-reactive ketones (excluding diaryl/α,β-unsaturated/α-hetero) is 1. The third kappa shape index (κ3) is 1.85. The van der Waals surface area contributed by atoms with Crippen LogP contribution >= 0.6 is 0 Å². The molecule has 2 rings (SSSR count). The molecule has 0 radical (unpaired) electrons. The average Bonchev–Trinajstić information content (AvgIpc) is 2.60. The van der Waals surface area contributed by atoms with E-state index in [1.807, 2.05) is 31.2 Å². The lowest BCUT2D eigenvalue weighted by Crippen LogP contribution is -2.29. The van der Waals surface area contributed by atoms with Crippen LogP contribution in [0.3, 0.4) is 0 Å². The van der Waals surface area contributed by atoms with Crippen molar-refractivity contribution in [2.24, 2.45) is 5.92 Å². The normalized spacial score (nSPS) is 20.2. The predicted octanol–water partition coefficient (Wildman–Crippen LogP) is 1.94. The summed E-state index contributed by atoms with van der Waals surface area (Å²) >= 11 is 0. The highest BCUT2D eigenvalue weighted by atomic mass is 16.2. The Labute approximate surface area is 95.1 Å². The number of benzene rings is 1. The van der Waals surface area contributed by atoms with Crippen LogP contribution in [-0.2, 0) is 9.59 Å². The number of hydrogen-bond acceptors (Lipinski definition) is 2. The summed E-state index contributed by atoms with van der Waals surface area (Å²) in [5.41, 5.74) is 2.02. The summed E-state index contributed by atoms with van der Waals surface area (Å²) in [6.45, 7) is 4.13. The number of carbonyl (C=O) groups is 2. The fraction of sp³-hybridized carbons (Fsp3) is 0.385. The molecule has 3 nitrogen and oxygen atoms in total. The molecule has 16 heavy (non-hydrogen) atoms. The van der Waals surface area contributed by atoms with E-state index >= 15 is 0 Å². The Morgan fingerprint density at radius 3 is 2.75 bits per heavy atom. The van der Waals surface area contributed by atoms with Gasteiger partial charge < -0.3 is 4.90 Å². The summed E-state index contributed by atoms with van der Waals surface area (Å²) in [6, 6.07) is 7.80. The molecule has 1 unspecified atom stereocenters. The zero-order valence-corrected chi connectivity index (χ0v) is 9.56. The van der Waals surface area contributed by atoms with Gasteiger partial charge in [-0.2, -0.15) is 0 Å². The van der Waals surface area contributed by atoms with Crippen molar-refractivity contribution in [3.05, 3.63) is 29.8 Å². The Morgan fingerprint density at radius 2 is 2.19 bits per heavy atom. The van der Waals surface area contributed by atoms with E-state index in [1.165, 1.54) is 6.92 Å². The maximum absolute atomic E-state index is 12.0. The molecule has 1 aliphatic rings. The van der Waals surface area contributed by atoms with Gasteiger partial charge in [0.25, 0.3) is 0 Å². The van der Waals surface area contributed by atoms with E-state index in [-0.39, 0.29) is 11.7 Å².